The van der Waals surface area contributed by atoms with E-state index in [1.54, 1.807) is 12.3 Å². The van der Waals surface area contributed by atoms with Gasteiger partial charge in [0.05, 0.1) is 17.9 Å². The summed E-state index contributed by atoms with van der Waals surface area (Å²) in [5.74, 6) is 3.09. The first-order chi connectivity index (χ1) is 17.2. The van der Waals surface area contributed by atoms with Crippen molar-refractivity contribution in [3.8, 4) is 28.8 Å². The van der Waals surface area contributed by atoms with E-state index < -0.39 is 16.1 Å². The van der Waals surface area contributed by atoms with Crippen molar-refractivity contribution in [3.63, 3.8) is 0 Å². The summed E-state index contributed by atoms with van der Waals surface area (Å²) in [7, 11) is 0. The van der Waals surface area contributed by atoms with Crippen molar-refractivity contribution < 1.29 is 18.4 Å². The third-order valence-electron chi connectivity index (χ3n) is 5.74. The molecule has 0 aliphatic heterocycles. The van der Waals surface area contributed by atoms with Gasteiger partial charge in [0, 0.05) is 23.9 Å². The monoisotopic (exact) mass is 503 g/mol. The fourth-order valence-electron chi connectivity index (χ4n) is 3.40. The first-order valence-corrected chi connectivity index (χ1v) is 13.1. The molecule has 7 nitrogen and oxygen atoms in total. The molecule has 0 radical (unpaired) electrons. The molecule has 1 unspecified atom stereocenters. The molecule has 0 bridgehead atoms. The molecule has 0 spiro atoms. The van der Waals surface area contributed by atoms with Crippen LogP contribution >= 0.6 is 0 Å². The minimum absolute atomic E-state index is 0.416. The van der Waals surface area contributed by atoms with Crippen LogP contribution in [-0.2, 0) is 11.4 Å². The van der Waals surface area contributed by atoms with Gasteiger partial charge in [-0.3, -0.25) is 0 Å². The van der Waals surface area contributed by atoms with Gasteiger partial charge in [-0.15, -0.1) is 0 Å². The Morgan fingerprint density at radius 2 is 1.92 bits per heavy atom. The Bertz CT molecular complexity index is 1390. The normalized spacial score (nSPS) is 15.2. The summed E-state index contributed by atoms with van der Waals surface area (Å²) in [6.45, 7) is 8.30. The van der Waals surface area contributed by atoms with Crippen LogP contribution in [-0.4, -0.2) is 31.6 Å². The molecule has 1 atom stereocenters. The standard InChI is InChI=1S/C28H29N3O4S/c1-18(31-36(32)28(2,3)4)20-10-12-24-25(14-20)35-27(30-24)21-11-13-26(29-16-21)34-23-7-5-6-22(15-23)33-17-19-8-9-19/h5-7,10-16,19H,8-9,17H2,1-4H3. The van der Waals surface area contributed by atoms with Crippen molar-refractivity contribution in [3.05, 3.63) is 66.4 Å². The number of benzene rings is 2. The molecular weight excluding hydrogens is 474 g/mol. The number of aromatic nitrogens is 2. The molecule has 8 heteroatoms. The fraction of sp³-hybridized carbons (Fsp3) is 0.321. The van der Waals surface area contributed by atoms with E-state index in [0.29, 0.717) is 34.7 Å². The Morgan fingerprint density at radius 3 is 2.64 bits per heavy atom. The smallest absolute Gasteiger partial charge is 0.228 e. The minimum Gasteiger partial charge on any atom is -0.591 e. The Hall–Kier alpha value is -3.36. The Morgan fingerprint density at radius 1 is 1.11 bits per heavy atom. The summed E-state index contributed by atoms with van der Waals surface area (Å²) >= 11 is -1.33. The van der Waals surface area contributed by atoms with Crippen molar-refractivity contribution in [2.45, 2.75) is 45.3 Å². The lowest BCUT2D eigenvalue weighted by molar-refractivity contribution is 0.298. The number of oxazole rings is 1. The van der Waals surface area contributed by atoms with Gasteiger partial charge in [-0.25, -0.2) is 9.97 Å². The molecule has 36 heavy (non-hydrogen) atoms. The summed E-state index contributed by atoms with van der Waals surface area (Å²) < 4.78 is 34.1. The van der Waals surface area contributed by atoms with Crippen LogP contribution in [0.5, 0.6) is 17.4 Å². The van der Waals surface area contributed by atoms with Crippen LogP contribution in [0.4, 0.5) is 0 Å². The van der Waals surface area contributed by atoms with Crippen LogP contribution in [0.1, 0.15) is 46.1 Å². The zero-order valence-electron chi connectivity index (χ0n) is 20.9. The lowest BCUT2D eigenvalue weighted by atomic mass is 10.1. The predicted molar refractivity (Wildman–Crippen MR) is 142 cm³/mol. The molecule has 2 aromatic carbocycles. The van der Waals surface area contributed by atoms with E-state index in [1.807, 2.05) is 76.2 Å². The highest BCUT2D eigenvalue weighted by Crippen LogP contribution is 2.31. The molecule has 1 aliphatic carbocycles. The van der Waals surface area contributed by atoms with Crippen LogP contribution in [0.15, 0.2) is 69.6 Å². The van der Waals surface area contributed by atoms with Gasteiger partial charge >= 0.3 is 0 Å². The largest absolute Gasteiger partial charge is 0.591 e. The summed E-state index contributed by atoms with van der Waals surface area (Å²) in [5.41, 5.74) is 3.62. The van der Waals surface area contributed by atoms with Gasteiger partial charge in [0.2, 0.25) is 11.8 Å². The Kier molecular flexibility index (Phi) is 6.73. The van der Waals surface area contributed by atoms with Gasteiger partial charge in [-0.05, 0) is 76.8 Å². The first-order valence-electron chi connectivity index (χ1n) is 12.0. The Balaban J connectivity index is 1.29. The lowest BCUT2D eigenvalue weighted by Gasteiger charge is -2.18. The van der Waals surface area contributed by atoms with Gasteiger partial charge in [0.1, 0.15) is 33.1 Å². The van der Waals surface area contributed by atoms with Gasteiger partial charge < -0.3 is 18.4 Å². The minimum atomic E-state index is -1.33. The second-order valence-electron chi connectivity index (χ2n) is 9.96. The molecule has 186 valence electrons. The second-order valence-corrected chi connectivity index (χ2v) is 11.9. The molecule has 1 aliphatic rings. The maximum Gasteiger partial charge on any atom is 0.228 e. The molecule has 0 amide bonds. The van der Waals surface area contributed by atoms with Crippen LogP contribution in [0.3, 0.4) is 0 Å². The molecular formula is C28H29N3O4S. The maximum absolute atomic E-state index is 12.4. The van der Waals surface area contributed by atoms with Crippen molar-refractivity contribution in [1.29, 1.82) is 0 Å². The fourth-order valence-corrected chi connectivity index (χ4v) is 4.03. The van der Waals surface area contributed by atoms with E-state index in [-0.39, 0.29) is 0 Å². The van der Waals surface area contributed by atoms with Gasteiger partial charge in [0.25, 0.3) is 0 Å². The highest BCUT2D eigenvalue weighted by Gasteiger charge is 2.27. The number of hydrogen-bond acceptors (Lipinski definition) is 7. The van der Waals surface area contributed by atoms with Crippen molar-refractivity contribution in [2.24, 2.45) is 10.3 Å². The quantitative estimate of drug-likeness (QED) is 0.195. The van der Waals surface area contributed by atoms with E-state index in [9.17, 15) is 4.55 Å². The molecule has 2 aromatic heterocycles. The van der Waals surface area contributed by atoms with Gasteiger partial charge in [-0.2, -0.15) is 0 Å². The van der Waals surface area contributed by atoms with E-state index in [2.05, 4.69) is 14.4 Å². The Labute approximate surface area is 213 Å². The number of ether oxygens (including phenoxy) is 2. The zero-order chi connectivity index (χ0) is 25.3. The molecule has 0 saturated heterocycles. The average Bonchev–Trinajstić information content (AvgIpc) is 3.59. The molecule has 4 aromatic rings. The maximum atomic E-state index is 12.4. The van der Waals surface area contributed by atoms with E-state index in [0.717, 1.165) is 29.0 Å². The van der Waals surface area contributed by atoms with Crippen LogP contribution in [0.25, 0.3) is 22.6 Å². The predicted octanol–water partition coefficient (Wildman–Crippen LogP) is 6.74. The van der Waals surface area contributed by atoms with Gasteiger partial charge in [0.15, 0.2) is 5.58 Å². The average molecular weight is 504 g/mol. The zero-order valence-corrected chi connectivity index (χ0v) is 21.7. The number of hydrogen-bond donors (Lipinski definition) is 0. The summed E-state index contributed by atoms with van der Waals surface area (Å²) in [6.07, 6.45) is 4.18. The third kappa shape index (κ3) is 5.88. The van der Waals surface area contributed by atoms with E-state index >= 15 is 0 Å². The lowest BCUT2D eigenvalue weighted by Crippen LogP contribution is -2.26. The number of fused-ring (bicyclic) bond motifs is 1. The summed E-state index contributed by atoms with van der Waals surface area (Å²) in [5, 5.41) is 0. The SMILES string of the molecule is CC(=N[S+]([O-])C(C)(C)C)c1ccc2nc(-c3ccc(Oc4cccc(OCC5CC5)c4)nc3)oc2c1. The van der Waals surface area contributed by atoms with Crippen molar-refractivity contribution in [2.75, 3.05) is 6.61 Å². The van der Waals surface area contributed by atoms with Crippen molar-refractivity contribution >= 4 is 28.2 Å². The van der Waals surface area contributed by atoms with E-state index in [4.69, 9.17) is 13.9 Å². The van der Waals surface area contributed by atoms with Crippen LogP contribution in [0.2, 0.25) is 0 Å². The van der Waals surface area contributed by atoms with E-state index in [1.165, 1.54) is 12.8 Å². The topological polar surface area (TPSA) is 92.8 Å². The number of pyridine rings is 1. The van der Waals surface area contributed by atoms with Gasteiger partial charge in [-0.1, -0.05) is 16.5 Å². The highest BCUT2D eigenvalue weighted by atomic mass is 32.2. The number of rotatable bonds is 8. The molecule has 1 fully saturated rings. The molecule has 5 rings (SSSR count). The summed E-state index contributed by atoms with van der Waals surface area (Å²) in [6, 6.07) is 16.9. The molecule has 2 heterocycles. The third-order valence-corrected chi connectivity index (χ3v) is 7.23. The molecule has 1 saturated carbocycles. The second kappa shape index (κ2) is 9.95. The van der Waals surface area contributed by atoms with Crippen LogP contribution < -0.4 is 9.47 Å². The van der Waals surface area contributed by atoms with Crippen LogP contribution in [0, 0.1) is 5.92 Å². The molecule has 0 N–H and O–H groups in total. The first kappa shape index (κ1) is 24.3. The van der Waals surface area contributed by atoms with Crippen molar-refractivity contribution in [1.82, 2.24) is 9.97 Å². The highest BCUT2D eigenvalue weighted by molar-refractivity contribution is 7.91. The number of nitrogens with zero attached hydrogens (tertiary/aromatic N) is 3. The summed E-state index contributed by atoms with van der Waals surface area (Å²) in [4.78, 5) is 9.00.